The molecule has 7 heteroatoms. The van der Waals surface area contributed by atoms with Crippen LogP contribution in [0.2, 0.25) is 10.0 Å². The molecule has 0 unspecified atom stereocenters. The molecular formula is C20H18Cl2N2O2S. The lowest BCUT2D eigenvalue weighted by molar-refractivity contribution is -0.118. The van der Waals surface area contributed by atoms with Crippen LogP contribution >= 0.6 is 34.5 Å². The summed E-state index contributed by atoms with van der Waals surface area (Å²) in [5.74, 6) is 0.101. The predicted octanol–water partition coefficient (Wildman–Crippen LogP) is 6.06. The molecule has 0 aliphatic carbocycles. The Balaban J connectivity index is 1.67. The second kappa shape index (κ2) is 8.30. The first-order valence-corrected chi connectivity index (χ1v) is 9.83. The van der Waals surface area contributed by atoms with Crippen LogP contribution in [0.1, 0.15) is 16.0 Å². The fourth-order valence-corrected chi connectivity index (χ4v) is 3.81. The van der Waals surface area contributed by atoms with Gasteiger partial charge < -0.3 is 4.74 Å². The molecule has 27 heavy (non-hydrogen) atoms. The quantitative estimate of drug-likeness (QED) is 0.545. The fourth-order valence-electron chi connectivity index (χ4n) is 2.50. The predicted molar refractivity (Wildman–Crippen MR) is 112 cm³/mol. The van der Waals surface area contributed by atoms with Crippen molar-refractivity contribution >= 4 is 45.6 Å². The van der Waals surface area contributed by atoms with Gasteiger partial charge in [-0.1, -0.05) is 35.3 Å². The average Bonchev–Trinajstić information content (AvgIpc) is 2.96. The number of carbonyl (C=O) groups is 1. The summed E-state index contributed by atoms with van der Waals surface area (Å²) in [5.41, 5.74) is 4.36. The zero-order chi connectivity index (χ0) is 19.6. The van der Waals surface area contributed by atoms with E-state index in [-0.39, 0.29) is 12.5 Å². The number of hydrogen-bond acceptors (Lipinski definition) is 4. The summed E-state index contributed by atoms with van der Waals surface area (Å²) >= 11 is 13.3. The molecule has 0 saturated carbocycles. The highest BCUT2D eigenvalue weighted by Gasteiger charge is 2.13. The molecule has 1 N–H and O–H groups in total. The monoisotopic (exact) mass is 420 g/mol. The highest BCUT2D eigenvalue weighted by Crippen LogP contribution is 2.31. The molecule has 2 aromatic carbocycles. The van der Waals surface area contributed by atoms with Crippen molar-refractivity contribution in [2.45, 2.75) is 20.8 Å². The van der Waals surface area contributed by atoms with Gasteiger partial charge in [-0.25, -0.2) is 4.98 Å². The minimum absolute atomic E-state index is 0.168. The van der Waals surface area contributed by atoms with Gasteiger partial charge in [0.2, 0.25) is 0 Å². The van der Waals surface area contributed by atoms with Gasteiger partial charge in [0, 0.05) is 15.5 Å². The number of hydrogen-bond donors (Lipinski definition) is 1. The summed E-state index contributed by atoms with van der Waals surface area (Å²) in [5, 5.41) is 4.18. The Bertz CT molecular complexity index is 1000. The number of ether oxygens (including phenoxy) is 1. The van der Waals surface area contributed by atoms with E-state index in [0.717, 1.165) is 16.1 Å². The van der Waals surface area contributed by atoms with Gasteiger partial charge in [0.25, 0.3) is 5.91 Å². The summed E-state index contributed by atoms with van der Waals surface area (Å²) in [4.78, 5) is 17.8. The molecule has 0 bridgehead atoms. The van der Waals surface area contributed by atoms with Gasteiger partial charge in [-0.15, -0.1) is 11.3 Å². The molecule has 0 fully saturated rings. The second-order valence-electron chi connectivity index (χ2n) is 6.13. The van der Waals surface area contributed by atoms with Crippen LogP contribution in [0, 0.1) is 20.8 Å². The molecule has 140 valence electrons. The van der Waals surface area contributed by atoms with Crippen LogP contribution in [0.4, 0.5) is 5.13 Å². The van der Waals surface area contributed by atoms with E-state index in [2.05, 4.69) is 36.3 Å². The van der Waals surface area contributed by atoms with Crippen molar-refractivity contribution in [2.75, 3.05) is 11.9 Å². The zero-order valence-corrected chi connectivity index (χ0v) is 17.4. The number of anilines is 1. The molecule has 0 aliphatic rings. The standard InChI is InChI=1S/C20H18Cl2N2O2S/c1-11-4-5-14(8-12(11)2)19-13(3)27-20(24-19)23-18(25)10-26-17-7-6-15(21)9-16(17)22/h4-9H,10H2,1-3H3,(H,23,24,25). The molecule has 0 aliphatic heterocycles. The smallest absolute Gasteiger partial charge is 0.264 e. The first kappa shape index (κ1) is 19.7. The number of nitrogens with zero attached hydrogens (tertiary/aromatic N) is 1. The SMILES string of the molecule is Cc1ccc(-c2nc(NC(=O)COc3ccc(Cl)cc3Cl)sc2C)cc1C. The lowest BCUT2D eigenvalue weighted by Gasteiger charge is -2.07. The third-order valence-electron chi connectivity index (χ3n) is 4.08. The Morgan fingerprint density at radius 2 is 1.89 bits per heavy atom. The molecule has 3 aromatic rings. The number of aryl methyl sites for hydroxylation is 3. The molecule has 4 nitrogen and oxygen atoms in total. The van der Waals surface area contributed by atoms with E-state index in [0.29, 0.717) is 20.9 Å². The molecule has 0 spiro atoms. The second-order valence-corrected chi connectivity index (χ2v) is 8.18. The number of amides is 1. The molecular weight excluding hydrogens is 403 g/mol. The molecule has 1 heterocycles. The van der Waals surface area contributed by atoms with Crippen LogP contribution in [-0.2, 0) is 4.79 Å². The first-order chi connectivity index (χ1) is 12.8. The van der Waals surface area contributed by atoms with E-state index in [1.54, 1.807) is 18.2 Å². The van der Waals surface area contributed by atoms with Crippen molar-refractivity contribution in [1.29, 1.82) is 0 Å². The van der Waals surface area contributed by atoms with Crippen molar-refractivity contribution in [1.82, 2.24) is 4.98 Å². The molecule has 3 rings (SSSR count). The summed E-state index contributed by atoms with van der Waals surface area (Å²) in [7, 11) is 0. The molecule has 0 saturated heterocycles. The third kappa shape index (κ3) is 4.80. The van der Waals surface area contributed by atoms with E-state index in [1.165, 1.54) is 22.5 Å². The van der Waals surface area contributed by atoms with E-state index in [4.69, 9.17) is 27.9 Å². The van der Waals surface area contributed by atoms with Gasteiger partial charge in [-0.3, -0.25) is 10.1 Å². The Labute approximate surface area is 172 Å². The van der Waals surface area contributed by atoms with Crippen molar-refractivity contribution in [3.05, 3.63) is 62.4 Å². The Morgan fingerprint density at radius 1 is 1.11 bits per heavy atom. The number of rotatable bonds is 5. The topological polar surface area (TPSA) is 51.2 Å². The number of nitrogens with one attached hydrogen (secondary N) is 1. The fraction of sp³-hybridized carbons (Fsp3) is 0.200. The van der Waals surface area contributed by atoms with Gasteiger partial charge in [0.05, 0.1) is 10.7 Å². The summed E-state index contributed by atoms with van der Waals surface area (Å²) in [6.45, 7) is 5.97. The van der Waals surface area contributed by atoms with Crippen molar-refractivity contribution in [2.24, 2.45) is 0 Å². The molecule has 1 aromatic heterocycles. The minimum atomic E-state index is -0.304. The zero-order valence-electron chi connectivity index (χ0n) is 15.1. The summed E-state index contributed by atoms with van der Waals surface area (Å²) in [6.07, 6.45) is 0. The Kier molecular flexibility index (Phi) is 6.05. The highest BCUT2D eigenvalue weighted by molar-refractivity contribution is 7.16. The van der Waals surface area contributed by atoms with Crippen LogP contribution in [0.5, 0.6) is 5.75 Å². The third-order valence-corrected chi connectivity index (χ3v) is 5.49. The average molecular weight is 421 g/mol. The van der Waals surface area contributed by atoms with Gasteiger partial charge in [-0.05, 0) is 56.2 Å². The van der Waals surface area contributed by atoms with Gasteiger partial charge in [0.1, 0.15) is 5.75 Å². The minimum Gasteiger partial charge on any atom is -0.482 e. The largest absolute Gasteiger partial charge is 0.482 e. The maximum atomic E-state index is 12.2. The number of carbonyl (C=O) groups excluding carboxylic acids is 1. The van der Waals surface area contributed by atoms with E-state index < -0.39 is 0 Å². The van der Waals surface area contributed by atoms with Crippen LogP contribution in [0.15, 0.2) is 36.4 Å². The van der Waals surface area contributed by atoms with Crippen molar-refractivity contribution < 1.29 is 9.53 Å². The van der Waals surface area contributed by atoms with Crippen LogP contribution in [0.25, 0.3) is 11.3 Å². The lowest BCUT2D eigenvalue weighted by atomic mass is 10.0. The number of aromatic nitrogens is 1. The first-order valence-electron chi connectivity index (χ1n) is 8.26. The Hall–Kier alpha value is -2.08. The molecule has 0 atom stereocenters. The number of benzene rings is 2. The van der Waals surface area contributed by atoms with Crippen LogP contribution in [0.3, 0.4) is 0 Å². The maximum absolute atomic E-state index is 12.2. The Morgan fingerprint density at radius 3 is 2.59 bits per heavy atom. The number of thiazole rings is 1. The normalized spacial score (nSPS) is 10.7. The van der Waals surface area contributed by atoms with Gasteiger partial charge in [0.15, 0.2) is 11.7 Å². The van der Waals surface area contributed by atoms with Crippen LogP contribution in [-0.4, -0.2) is 17.5 Å². The maximum Gasteiger partial charge on any atom is 0.264 e. The van der Waals surface area contributed by atoms with Crippen LogP contribution < -0.4 is 10.1 Å². The lowest BCUT2D eigenvalue weighted by Crippen LogP contribution is -2.20. The van der Waals surface area contributed by atoms with E-state index in [9.17, 15) is 4.79 Å². The molecule has 0 radical (unpaired) electrons. The molecule has 1 amide bonds. The summed E-state index contributed by atoms with van der Waals surface area (Å²) < 4.78 is 5.45. The van der Waals surface area contributed by atoms with E-state index in [1.807, 2.05) is 13.0 Å². The van der Waals surface area contributed by atoms with Crippen molar-refractivity contribution in [3.63, 3.8) is 0 Å². The highest BCUT2D eigenvalue weighted by atomic mass is 35.5. The summed E-state index contributed by atoms with van der Waals surface area (Å²) in [6, 6.07) is 11.1. The number of halogens is 2. The van der Waals surface area contributed by atoms with Crippen molar-refractivity contribution in [3.8, 4) is 17.0 Å². The van der Waals surface area contributed by atoms with E-state index >= 15 is 0 Å². The van der Waals surface area contributed by atoms with Gasteiger partial charge >= 0.3 is 0 Å². The van der Waals surface area contributed by atoms with Gasteiger partial charge in [-0.2, -0.15) is 0 Å².